The number of amides is 1. The van der Waals surface area contributed by atoms with Gasteiger partial charge in [0.05, 0.1) is 0 Å². The van der Waals surface area contributed by atoms with E-state index in [1.807, 2.05) is 20.8 Å². The molecule has 0 spiro atoms. The van der Waals surface area contributed by atoms with E-state index in [0.29, 0.717) is 6.42 Å². The van der Waals surface area contributed by atoms with Gasteiger partial charge in [0.25, 0.3) is 0 Å². The lowest BCUT2D eigenvalue weighted by Gasteiger charge is -2.22. The lowest BCUT2D eigenvalue weighted by atomic mass is 10.0. The zero-order valence-corrected chi connectivity index (χ0v) is 18.1. The third-order valence-corrected chi connectivity index (χ3v) is 4.46. The largest absolute Gasteiger partial charge is 0.459 e. The highest BCUT2D eigenvalue weighted by molar-refractivity contribution is 5.81. The fraction of sp³-hybridized carbons (Fsp3) is 0.909. The maximum atomic E-state index is 12.0. The van der Waals surface area contributed by atoms with E-state index >= 15 is 0 Å². The van der Waals surface area contributed by atoms with Crippen molar-refractivity contribution in [2.75, 3.05) is 13.6 Å². The lowest BCUT2D eigenvalue weighted by molar-refractivity contribution is -0.158. The zero-order valence-electron chi connectivity index (χ0n) is 18.1. The molecule has 0 aromatic carbocycles. The maximum Gasteiger partial charge on any atom is 0.326 e. The van der Waals surface area contributed by atoms with Crippen molar-refractivity contribution in [3.05, 3.63) is 0 Å². The Hall–Kier alpha value is -1.06. The third kappa shape index (κ3) is 16.4. The van der Waals surface area contributed by atoms with Gasteiger partial charge in [0.15, 0.2) is 0 Å². The van der Waals surface area contributed by atoms with Crippen LogP contribution < -0.4 is 0 Å². The molecule has 0 aliphatic heterocycles. The number of likely N-dealkylation sites (N-methyl/N-ethyl adjacent to an activating group) is 1. The molecular weight excluding hydrogens is 326 g/mol. The van der Waals surface area contributed by atoms with Crippen LogP contribution in [0, 0.1) is 0 Å². The molecule has 0 saturated carbocycles. The highest BCUT2D eigenvalue weighted by Gasteiger charge is 2.19. The van der Waals surface area contributed by atoms with Gasteiger partial charge in [-0.25, -0.2) is 0 Å². The van der Waals surface area contributed by atoms with E-state index in [1.54, 1.807) is 7.05 Å². The van der Waals surface area contributed by atoms with E-state index in [2.05, 4.69) is 6.92 Å². The second kappa shape index (κ2) is 15.0. The molecule has 26 heavy (non-hydrogen) atoms. The molecule has 0 aliphatic rings. The Morgan fingerprint density at radius 2 is 1.19 bits per heavy atom. The summed E-state index contributed by atoms with van der Waals surface area (Å²) in [5, 5.41) is 0. The summed E-state index contributed by atoms with van der Waals surface area (Å²) >= 11 is 0. The Bertz CT molecular complexity index is 374. The quantitative estimate of drug-likeness (QED) is 0.267. The summed E-state index contributed by atoms with van der Waals surface area (Å²) in [6.45, 7) is 7.79. The Morgan fingerprint density at radius 1 is 0.769 bits per heavy atom. The normalized spacial score (nSPS) is 11.4. The van der Waals surface area contributed by atoms with Crippen LogP contribution in [-0.2, 0) is 14.3 Å². The van der Waals surface area contributed by atoms with Gasteiger partial charge >= 0.3 is 5.97 Å². The van der Waals surface area contributed by atoms with E-state index in [-0.39, 0.29) is 18.4 Å². The van der Waals surface area contributed by atoms with Gasteiger partial charge in [0.1, 0.15) is 12.1 Å². The van der Waals surface area contributed by atoms with Crippen molar-refractivity contribution in [1.29, 1.82) is 0 Å². The number of carbonyl (C=O) groups excluding carboxylic acids is 2. The number of hydrogen-bond donors (Lipinski definition) is 0. The molecule has 0 aliphatic carbocycles. The van der Waals surface area contributed by atoms with E-state index < -0.39 is 5.60 Å². The number of nitrogens with zero attached hydrogens (tertiary/aromatic N) is 1. The third-order valence-electron chi connectivity index (χ3n) is 4.46. The number of esters is 1. The number of ether oxygens (including phenoxy) is 1. The number of rotatable bonds is 15. The van der Waals surface area contributed by atoms with Crippen molar-refractivity contribution in [1.82, 2.24) is 4.90 Å². The van der Waals surface area contributed by atoms with Crippen LogP contribution in [0.2, 0.25) is 0 Å². The predicted octanol–water partition coefficient (Wildman–Crippen LogP) is 5.88. The average molecular weight is 370 g/mol. The molecule has 0 atom stereocenters. The van der Waals surface area contributed by atoms with Gasteiger partial charge in [0, 0.05) is 13.5 Å². The van der Waals surface area contributed by atoms with Crippen LogP contribution in [0.15, 0.2) is 0 Å². The zero-order chi connectivity index (χ0) is 19.8. The average Bonchev–Trinajstić information content (AvgIpc) is 2.53. The molecule has 154 valence electrons. The minimum atomic E-state index is -0.503. The van der Waals surface area contributed by atoms with Gasteiger partial charge in [-0.1, -0.05) is 77.6 Å². The van der Waals surface area contributed by atoms with Gasteiger partial charge in [-0.05, 0) is 27.2 Å². The fourth-order valence-corrected chi connectivity index (χ4v) is 2.96. The lowest BCUT2D eigenvalue weighted by Crippen LogP contribution is -2.36. The topological polar surface area (TPSA) is 46.6 Å². The van der Waals surface area contributed by atoms with Gasteiger partial charge < -0.3 is 9.64 Å². The first kappa shape index (κ1) is 24.9. The van der Waals surface area contributed by atoms with E-state index in [1.165, 1.54) is 69.1 Å². The summed E-state index contributed by atoms with van der Waals surface area (Å²) in [7, 11) is 1.67. The van der Waals surface area contributed by atoms with Crippen LogP contribution in [0.5, 0.6) is 0 Å². The van der Waals surface area contributed by atoms with Crippen molar-refractivity contribution >= 4 is 11.9 Å². The monoisotopic (exact) mass is 369 g/mol. The van der Waals surface area contributed by atoms with E-state index in [0.717, 1.165) is 12.8 Å². The van der Waals surface area contributed by atoms with Crippen molar-refractivity contribution < 1.29 is 14.3 Å². The van der Waals surface area contributed by atoms with Gasteiger partial charge in [-0.15, -0.1) is 0 Å². The van der Waals surface area contributed by atoms with Gasteiger partial charge in [-0.2, -0.15) is 0 Å². The van der Waals surface area contributed by atoms with Crippen LogP contribution in [-0.4, -0.2) is 36.0 Å². The van der Waals surface area contributed by atoms with E-state index in [9.17, 15) is 9.59 Å². The number of hydrogen-bond acceptors (Lipinski definition) is 3. The van der Waals surface area contributed by atoms with Crippen molar-refractivity contribution in [2.45, 2.75) is 117 Å². The van der Waals surface area contributed by atoms with Gasteiger partial charge in [0.2, 0.25) is 5.91 Å². The molecule has 0 aromatic heterocycles. The van der Waals surface area contributed by atoms with Crippen LogP contribution in [0.3, 0.4) is 0 Å². The summed E-state index contributed by atoms with van der Waals surface area (Å²) in [4.78, 5) is 25.3. The highest BCUT2D eigenvalue weighted by atomic mass is 16.6. The smallest absolute Gasteiger partial charge is 0.326 e. The Labute approximate surface area is 162 Å². The molecule has 0 bridgehead atoms. The summed E-state index contributed by atoms with van der Waals surface area (Å²) in [5.41, 5.74) is -0.503. The Kier molecular flexibility index (Phi) is 14.4. The minimum absolute atomic E-state index is 0.0305. The molecule has 0 aromatic rings. The summed E-state index contributed by atoms with van der Waals surface area (Å²) in [6, 6.07) is 0. The summed E-state index contributed by atoms with van der Waals surface area (Å²) < 4.78 is 5.24. The molecule has 0 saturated heterocycles. The standard InChI is InChI=1S/C22H43NO3/c1-6-7-8-9-10-11-12-13-14-15-16-17-18-20(24)23(5)19-21(25)26-22(2,3)4/h6-19H2,1-5H3. The number of carbonyl (C=O) groups is 2. The summed E-state index contributed by atoms with van der Waals surface area (Å²) in [6.07, 6.45) is 15.9. The van der Waals surface area contributed by atoms with Gasteiger partial charge in [-0.3, -0.25) is 9.59 Å². The molecule has 0 rings (SSSR count). The maximum absolute atomic E-state index is 12.0. The second-order valence-electron chi connectivity index (χ2n) is 8.48. The van der Waals surface area contributed by atoms with Crippen molar-refractivity contribution in [2.24, 2.45) is 0 Å². The molecule has 4 nitrogen and oxygen atoms in total. The Balaban J connectivity index is 3.52. The predicted molar refractivity (Wildman–Crippen MR) is 109 cm³/mol. The highest BCUT2D eigenvalue weighted by Crippen LogP contribution is 2.13. The van der Waals surface area contributed by atoms with Crippen LogP contribution in [0.1, 0.15) is 111 Å². The first-order valence-electron chi connectivity index (χ1n) is 10.7. The number of unbranched alkanes of at least 4 members (excludes halogenated alkanes) is 11. The molecule has 0 fully saturated rings. The first-order chi connectivity index (χ1) is 12.3. The SMILES string of the molecule is CCCCCCCCCCCCCCC(=O)N(C)CC(=O)OC(C)(C)C. The fourth-order valence-electron chi connectivity index (χ4n) is 2.96. The summed E-state index contributed by atoms with van der Waals surface area (Å²) in [5.74, 6) is -0.314. The first-order valence-corrected chi connectivity index (χ1v) is 10.7. The Morgan fingerprint density at radius 3 is 1.62 bits per heavy atom. The van der Waals surface area contributed by atoms with Crippen LogP contribution in [0.4, 0.5) is 0 Å². The van der Waals surface area contributed by atoms with Crippen LogP contribution >= 0.6 is 0 Å². The second-order valence-corrected chi connectivity index (χ2v) is 8.48. The molecule has 0 unspecified atom stereocenters. The van der Waals surface area contributed by atoms with Crippen molar-refractivity contribution in [3.63, 3.8) is 0 Å². The molecule has 0 radical (unpaired) electrons. The molecule has 1 amide bonds. The molecule has 0 N–H and O–H groups in total. The molecular formula is C22H43NO3. The molecule has 4 heteroatoms. The molecule has 0 heterocycles. The van der Waals surface area contributed by atoms with Crippen LogP contribution in [0.25, 0.3) is 0 Å². The van der Waals surface area contributed by atoms with E-state index in [4.69, 9.17) is 4.74 Å². The minimum Gasteiger partial charge on any atom is -0.459 e. The van der Waals surface area contributed by atoms with Crippen molar-refractivity contribution in [3.8, 4) is 0 Å².